The average molecular weight is 482 g/mol. The van der Waals surface area contributed by atoms with Crippen LogP contribution >= 0.6 is 0 Å². The van der Waals surface area contributed by atoms with E-state index in [4.69, 9.17) is 9.47 Å². The lowest BCUT2D eigenvalue weighted by molar-refractivity contribution is -0.185. The van der Waals surface area contributed by atoms with Crippen LogP contribution in [0.1, 0.15) is 39.7 Å². The van der Waals surface area contributed by atoms with Crippen molar-refractivity contribution in [1.29, 1.82) is 0 Å². The van der Waals surface area contributed by atoms with Crippen molar-refractivity contribution in [2.24, 2.45) is 23.7 Å². The molecule has 10 atom stereocenters. The maximum absolute atomic E-state index is 13.8. The third kappa shape index (κ3) is 3.51. The molecule has 10 unspecified atom stereocenters. The van der Waals surface area contributed by atoms with E-state index in [0.717, 1.165) is 5.56 Å². The molecule has 2 saturated heterocycles. The molecule has 3 aliphatic heterocycles. The van der Waals surface area contributed by atoms with Crippen molar-refractivity contribution in [3.63, 3.8) is 0 Å². The molecule has 3 fully saturated rings. The van der Waals surface area contributed by atoms with Crippen LogP contribution in [0.5, 0.6) is 0 Å². The third-order valence-corrected chi connectivity index (χ3v) is 8.97. The summed E-state index contributed by atoms with van der Waals surface area (Å²) in [6.45, 7) is 7.56. The zero-order valence-corrected chi connectivity index (χ0v) is 20.7. The van der Waals surface area contributed by atoms with Gasteiger partial charge in [0.15, 0.2) is 0 Å². The third-order valence-electron chi connectivity index (χ3n) is 8.97. The second kappa shape index (κ2) is 8.29. The zero-order valence-electron chi connectivity index (χ0n) is 20.7. The summed E-state index contributed by atoms with van der Waals surface area (Å²) >= 11 is 0. The summed E-state index contributed by atoms with van der Waals surface area (Å²) in [5.41, 5.74) is -2.30. The van der Waals surface area contributed by atoms with Crippen molar-refractivity contribution in [3.8, 4) is 0 Å². The van der Waals surface area contributed by atoms with Crippen LogP contribution in [0.4, 0.5) is 0 Å². The number of carbonyl (C=O) groups excluding carboxylic acids is 2. The van der Waals surface area contributed by atoms with Gasteiger partial charge in [-0.05, 0) is 38.2 Å². The molecule has 188 valence electrons. The molecule has 1 aromatic rings. The van der Waals surface area contributed by atoms with Gasteiger partial charge in [0.1, 0.15) is 11.2 Å². The normalized spacial score (nSPS) is 46.9. The molecule has 1 saturated carbocycles. The Labute approximate surface area is 206 Å². The topological polar surface area (TPSA) is 108 Å². The van der Waals surface area contributed by atoms with E-state index in [9.17, 15) is 19.8 Å². The first-order chi connectivity index (χ1) is 16.5. The van der Waals surface area contributed by atoms with Gasteiger partial charge in [-0.3, -0.25) is 4.79 Å². The first kappa shape index (κ1) is 24.2. The number of carbonyl (C=O) groups is 2. The number of hydrogen-bond acceptors (Lipinski definition) is 6. The minimum absolute atomic E-state index is 0.0740. The summed E-state index contributed by atoms with van der Waals surface area (Å²) in [5.74, 6) is -2.72. The quantitative estimate of drug-likeness (QED) is 0.340. The van der Waals surface area contributed by atoms with Crippen molar-refractivity contribution in [2.75, 3.05) is 0 Å². The largest absolute Gasteiger partial charge is 0.445 e. The summed E-state index contributed by atoms with van der Waals surface area (Å²) in [4.78, 5) is 26.9. The Morgan fingerprint density at radius 1 is 1.06 bits per heavy atom. The number of aliphatic hydroxyl groups excluding tert-OH is 2. The predicted octanol–water partition coefficient (Wildman–Crippen LogP) is 2.31. The highest BCUT2D eigenvalue weighted by Gasteiger charge is 2.85. The molecule has 35 heavy (non-hydrogen) atoms. The molecule has 4 aliphatic rings. The minimum Gasteiger partial charge on any atom is -0.445 e. The molecule has 1 spiro atoms. The molecular formula is C28H35NO6. The lowest BCUT2D eigenvalue weighted by Gasteiger charge is -2.47. The highest BCUT2D eigenvalue weighted by atomic mass is 16.7. The van der Waals surface area contributed by atoms with E-state index < -0.39 is 52.7 Å². The lowest BCUT2D eigenvalue weighted by Crippen LogP contribution is -2.66. The van der Waals surface area contributed by atoms with E-state index in [1.807, 2.05) is 64.1 Å². The van der Waals surface area contributed by atoms with Gasteiger partial charge in [-0.2, -0.15) is 0 Å². The van der Waals surface area contributed by atoms with Crippen LogP contribution in [0.3, 0.4) is 0 Å². The van der Waals surface area contributed by atoms with Crippen LogP contribution in [0.15, 0.2) is 54.6 Å². The van der Waals surface area contributed by atoms with E-state index in [1.54, 1.807) is 12.2 Å². The fourth-order valence-corrected chi connectivity index (χ4v) is 6.78. The Balaban J connectivity index is 1.62. The summed E-state index contributed by atoms with van der Waals surface area (Å²) in [5, 5.41) is 25.2. The highest BCUT2D eigenvalue weighted by Crippen LogP contribution is 2.67. The van der Waals surface area contributed by atoms with Crippen LogP contribution in [-0.2, 0) is 25.5 Å². The monoisotopic (exact) mass is 481 g/mol. The van der Waals surface area contributed by atoms with Crippen molar-refractivity contribution in [1.82, 2.24) is 5.32 Å². The number of amides is 1. The number of ether oxygens (including phenoxy) is 2. The van der Waals surface area contributed by atoms with Gasteiger partial charge in [-0.1, -0.05) is 62.4 Å². The van der Waals surface area contributed by atoms with Crippen molar-refractivity contribution in [2.45, 2.75) is 75.6 Å². The van der Waals surface area contributed by atoms with Crippen molar-refractivity contribution >= 4 is 11.9 Å². The number of nitrogens with one attached hydrogen (secondary N) is 1. The fourth-order valence-electron chi connectivity index (χ4n) is 6.78. The Kier molecular flexibility index (Phi) is 5.74. The number of esters is 1. The lowest BCUT2D eigenvalue weighted by atomic mass is 9.57. The van der Waals surface area contributed by atoms with E-state index in [0.29, 0.717) is 12.8 Å². The van der Waals surface area contributed by atoms with Gasteiger partial charge >= 0.3 is 5.97 Å². The molecule has 1 amide bonds. The van der Waals surface area contributed by atoms with Gasteiger partial charge in [0.25, 0.3) is 5.91 Å². The molecule has 7 heteroatoms. The van der Waals surface area contributed by atoms with Crippen LogP contribution in [0.25, 0.3) is 0 Å². The molecular weight excluding hydrogens is 446 g/mol. The van der Waals surface area contributed by atoms with Crippen molar-refractivity contribution < 1.29 is 29.3 Å². The van der Waals surface area contributed by atoms with E-state index in [2.05, 4.69) is 5.32 Å². The first-order valence-corrected chi connectivity index (χ1v) is 12.5. The molecule has 0 aromatic heterocycles. The number of aliphatic hydroxyl groups is 2. The Morgan fingerprint density at radius 3 is 2.49 bits per heavy atom. The molecule has 1 aliphatic carbocycles. The van der Waals surface area contributed by atoms with E-state index in [-0.39, 0.29) is 17.9 Å². The predicted molar refractivity (Wildman–Crippen MR) is 129 cm³/mol. The van der Waals surface area contributed by atoms with Gasteiger partial charge in [0, 0.05) is 18.0 Å². The van der Waals surface area contributed by atoms with Gasteiger partial charge in [0.2, 0.25) is 5.60 Å². The highest BCUT2D eigenvalue weighted by molar-refractivity contribution is 5.94. The number of allylic oxidation sites excluding steroid dienone is 1. The molecule has 1 aromatic carbocycles. The number of fused-ring (bicyclic) bond motifs is 2. The zero-order chi connectivity index (χ0) is 25.2. The van der Waals surface area contributed by atoms with Gasteiger partial charge in [-0.15, -0.1) is 0 Å². The number of rotatable bonds is 2. The first-order valence-electron chi connectivity index (χ1n) is 12.5. The summed E-state index contributed by atoms with van der Waals surface area (Å²) in [6, 6.07) is 9.52. The summed E-state index contributed by atoms with van der Waals surface area (Å²) in [7, 11) is 0. The molecule has 3 N–H and O–H groups in total. The number of benzene rings is 1. The standard InChI is InChI=1S/C28H35NO6/c1-16-9-8-12-19-24(32)27(4)26(3,35-27)23-20(15-18-10-6-5-7-11-18)29-25(33)28(19,23)34-21(30)14-13-17(2)22(16)31/h5-8,10-14,16-17,19-20,22-24,31-32H,9,15H2,1-4H3,(H,29,33). The maximum Gasteiger partial charge on any atom is 0.331 e. The second-order valence-electron chi connectivity index (χ2n) is 11.1. The fraction of sp³-hybridized carbons (Fsp3) is 0.571. The molecule has 3 heterocycles. The minimum atomic E-state index is -1.62. The van der Waals surface area contributed by atoms with Gasteiger partial charge in [0.05, 0.1) is 24.0 Å². The second-order valence-corrected chi connectivity index (χ2v) is 11.1. The molecule has 7 nitrogen and oxygen atoms in total. The smallest absolute Gasteiger partial charge is 0.331 e. The van der Waals surface area contributed by atoms with Gasteiger partial charge in [-0.25, -0.2) is 4.79 Å². The van der Waals surface area contributed by atoms with Crippen LogP contribution in [-0.4, -0.2) is 57.1 Å². The van der Waals surface area contributed by atoms with Gasteiger partial charge < -0.3 is 25.0 Å². The van der Waals surface area contributed by atoms with Crippen LogP contribution in [0.2, 0.25) is 0 Å². The van der Waals surface area contributed by atoms with E-state index in [1.165, 1.54) is 6.08 Å². The van der Waals surface area contributed by atoms with Crippen molar-refractivity contribution in [3.05, 3.63) is 60.2 Å². The Bertz CT molecular complexity index is 1070. The molecule has 0 bridgehead atoms. The number of hydrogen-bond donors (Lipinski definition) is 3. The maximum atomic E-state index is 13.8. The van der Waals surface area contributed by atoms with Crippen LogP contribution in [0, 0.1) is 23.7 Å². The van der Waals surface area contributed by atoms with E-state index >= 15 is 0 Å². The van der Waals surface area contributed by atoms with Crippen LogP contribution < -0.4 is 5.32 Å². The number of epoxide rings is 1. The Hall–Kier alpha value is -2.48. The average Bonchev–Trinajstić information content (AvgIpc) is 3.29. The summed E-state index contributed by atoms with van der Waals surface area (Å²) in [6.07, 6.45) is 6.01. The molecule has 5 rings (SSSR count). The molecule has 0 radical (unpaired) electrons. The Morgan fingerprint density at radius 2 is 1.77 bits per heavy atom. The SMILES string of the molecule is CC1C=CC(=O)OC23C(=O)NC(Cc4ccccc4)C2C2(C)OC2(C)C(O)C3C=CCC(C)C1O. The summed E-state index contributed by atoms with van der Waals surface area (Å²) < 4.78 is 12.3.